The van der Waals surface area contributed by atoms with Crippen molar-refractivity contribution in [3.8, 4) is 0 Å². The Bertz CT molecular complexity index is 290. The minimum atomic E-state index is 0.387. The van der Waals surface area contributed by atoms with Crippen LogP contribution in [0.3, 0.4) is 0 Å². The van der Waals surface area contributed by atoms with Crippen LogP contribution in [0.2, 0.25) is 0 Å². The molecule has 1 N–H and O–H groups in total. The summed E-state index contributed by atoms with van der Waals surface area (Å²) in [6.07, 6.45) is 3.72. The largest absolute Gasteiger partial charge is 0.307 e. The van der Waals surface area contributed by atoms with Crippen LogP contribution in [0.15, 0.2) is 4.73 Å². The number of rotatable bonds is 1. The third kappa shape index (κ3) is 1.91. The first-order chi connectivity index (χ1) is 6.27. The number of hydrogen-bond acceptors (Lipinski definition) is 3. The van der Waals surface area contributed by atoms with E-state index >= 15 is 0 Å². The average Bonchev–Trinajstić information content (AvgIpc) is 2.47. The van der Waals surface area contributed by atoms with E-state index in [1.165, 1.54) is 19.3 Å². The lowest BCUT2D eigenvalue weighted by Crippen LogP contribution is -2.29. The van der Waals surface area contributed by atoms with E-state index in [9.17, 15) is 0 Å². The van der Waals surface area contributed by atoms with Crippen LogP contribution in [-0.2, 0) is 7.05 Å². The first kappa shape index (κ1) is 9.15. The van der Waals surface area contributed by atoms with Crippen molar-refractivity contribution in [2.24, 2.45) is 7.05 Å². The SMILES string of the molecule is Cn1nc(Br)nc1C1CCCCN1. The van der Waals surface area contributed by atoms with E-state index in [-0.39, 0.29) is 0 Å². The van der Waals surface area contributed by atoms with Crippen LogP contribution >= 0.6 is 15.9 Å². The van der Waals surface area contributed by atoms with E-state index in [4.69, 9.17) is 0 Å². The Kier molecular flexibility index (Phi) is 2.64. The van der Waals surface area contributed by atoms with E-state index in [1.807, 2.05) is 11.7 Å². The van der Waals surface area contributed by atoms with Gasteiger partial charge in [-0.25, -0.2) is 4.98 Å². The lowest BCUT2D eigenvalue weighted by molar-refractivity contribution is 0.386. The van der Waals surface area contributed by atoms with Crippen molar-refractivity contribution in [1.29, 1.82) is 0 Å². The van der Waals surface area contributed by atoms with Crippen LogP contribution in [-0.4, -0.2) is 21.3 Å². The molecule has 1 fully saturated rings. The molecule has 0 spiro atoms. The highest BCUT2D eigenvalue weighted by Gasteiger charge is 2.19. The third-order valence-corrected chi connectivity index (χ3v) is 2.73. The second-order valence-electron chi connectivity index (χ2n) is 3.37. The molecule has 1 aromatic rings. The van der Waals surface area contributed by atoms with Crippen LogP contribution in [0.1, 0.15) is 31.1 Å². The fourth-order valence-corrected chi connectivity index (χ4v) is 2.16. The lowest BCUT2D eigenvalue weighted by Gasteiger charge is -2.22. The summed E-state index contributed by atoms with van der Waals surface area (Å²) >= 11 is 3.28. The molecule has 13 heavy (non-hydrogen) atoms. The van der Waals surface area contributed by atoms with E-state index in [1.54, 1.807) is 0 Å². The van der Waals surface area contributed by atoms with E-state index in [0.717, 1.165) is 12.4 Å². The molecule has 0 aliphatic carbocycles. The molecule has 0 radical (unpaired) electrons. The maximum atomic E-state index is 4.34. The topological polar surface area (TPSA) is 42.7 Å². The number of nitrogens with one attached hydrogen (secondary N) is 1. The summed E-state index contributed by atoms with van der Waals surface area (Å²) in [5.74, 6) is 1.03. The first-order valence-electron chi connectivity index (χ1n) is 4.57. The van der Waals surface area contributed by atoms with E-state index in [0.29, 0.717) is 10.8 Å². The molecule has 0 amide bonds. The molecule has 1 atom stereocenters. The molecule has 72 valence electrons. The quantitative estimate of drug-likeness (QED) is 0.813. The van der Waals surface area contributed by atoms with Crippen molar-refractivity contribution >= 4 is 15.9 Å². The van der Waals surface area contributed by atoms with Crippen LogP contribution < -0.4 is 5.32 Å². The minimum Gasteiger partial charge on any atom is -0.307 e. The summed E-state index contributed by atoms with van der Waals surface area (Å²) in [6.45, 7) is 1.09. The minimum absolute atomic E-state index is 0.387. The van der Waals surface area contributed by atoms with Gasteiger partial charge < -0.3 is 5.32 Å². The number of piperidine rings is 1. The molecule has 2 heterocycles. The van der Waals surface area contributed by atoms with Gasteiger partial charge in [-0.05, 0) is 35.3 Å². The predicted molar refractivity (Wildman–Crippen MR) is 53.3 cm³/mol. The van der Waals surface area contributed by atoms with Gasteiger partial charge in [-0.2, -0.15) is 0 Å². The molecule has 5 heteroatoms. The van der Waals surface area contributed by atoms with E-state index < -0.39 is 0 Å². The molecule has 0 bridgehead atoms. The van der Waals surface area contributed by atoms with Gasteiger partial charge in [0.05, 0.1) is 6.04 Å². The zero-order valence-electron chi connectivity index (χ0n) is 7.63. The van der Waals surface area contributed by atoms with Gasteiger partial charge in [0.15, 0.2) is 0 Å². The molecular formula is C8H13BrN4. The Balaban J connectivity index is 2.18. The summed E-state index contributed by atoms with van der Waals surface area (Å²) < 4.78 is 2.52. The summed E-state index contributed by atoms with van der Waals surface area (Å²) in [7, 11) is 1.93. The highest BCUT2D eigenvalue weighted by Crippen LogP contribution is 2.21. The van der Waals surface area contributed by atoms with Crippen molar-refractivity contribution in [1.82, 2.24) is 20.1 Å². The summed E-state index contributed by atoms with van der Waals surface area (Å²) in [5.41, 5.74) is 0. The Hall–Kier alpha value is -0.420. The zero-order chi connectivity index (χ0) is 9.26. The molecule has 1 aliphatic rings. The highest BCUT2D eigenvalue weighted by atomic mass is 79.9. The molecule has 2 rings (SSSR count). The number of nitrogens with zero attached hydrogens (tertiary/aromatic N) is 3. The Morgan fingerprint density at radius 3 is 2.92 bits per heavy atom. The Labute approximate surface area is 85.9 Å². The van der Waals surface area contributed by atoms with Gasteiger partial charge in [0.25, 0.3) is 0 Å². The van der Waals surface area contributed by atoms with Crippen molar-refractivity contribution in [2.45, 2.75) is 25.3 Å². The number of halogens is 1. The van der Waals surface area contributed by atoms with Crippen LogP contribution in [0.25, 0.3) is 0 Å². The molecule has 1 saturated heterocycles. The van der Waals surface area contributed by atoms with Gasteiger partial charge in [0.1, 0.15) is 5.82 Å². The molecule has 1 aromatic heterocycles. The zero-order valence-corrected chi connectivity index (χ0v) is 9.21. The van der Waals surface area contributed by atoms with Gasteiger partial charge in [-0.15, -0.1) is 5.10 Å². The Morgan fingerprint density at radius 1 is 1.54 bits per heavy atom. The normalized spacial score (nSPS) is 23.4. The molecule has 0 aromatic carbocycles. The monoisotopic (exact) mass is 244 g/mol. The van der Waals surface area contributed by atoms with E-state index in [2.05, 4.69) is 31.3 Å². The van der Waals surface area contributed by atoms with Gasteiger partial charge in [0.2, 0.25) is 4.73 Å². The number of hydrogen-bond donors (Lipinski definition) is 1. The smallest absolute Gasteiger partial charge is 0.217 e. The van der Waals surface area contributed by atoms with Crippen LogP contribution in [0.4, 0.5) is 0 Å². The van der Waals surface area contributed by atoms with Crippen molar-refractivity contribution < 1.29 is 0 Å². The third-order valence-electron chi connectivity index (χ3n) is 2.39. The van der Waals surface area contributed by atoms with Crippen molar-refractivity contribution in [3.05, 3.63) is 10.6 Å². The number of aryl methyl sites for hydroxylation is 1. The fraction of sp³-hybridized carbons (Fsp3) is 0.750. The first-order valence-corrected chi connectivity index (χ1v) is 5.36. The number of aromatic nitrogens is 3. The molecular weight excluding hydrogens is 232 g/mol. The lowest BCUT2D eigenvalue weighted by atomic mass is 10.0. The van der Waals surface area contributed by atoms with Gasteiger partial charge in [0, 0.05) is 7.05 Å². The molecule has 4 nitrogen and oxygen atoms in total. The summed E-state index contributed by atoms with van der Waals surface area (Å²) in [4.78, 5) is 4.34. The maximum Gasteiger partial charge on any atom is 0.217 e. The standard InChI is InChI=1S/C8H13BrN4/c1-13-7(11-8(9)12-13)6-4-2-3-5-10-6/h6,10H,2-5H2,1H3. The fourth-order valence-electron chi connectivity index (χ4n) is 1.74. The van der Waals surface area contributed by atoms with Crippen LogP contribution in [0.5, 0.6) is 0 Å². The van der Waals surface area contributed by atoms with Crippen molar-refractivity contribution in [3.63, 3.8) is 0 Å². The van der Waals surface area contributed by atoms with Gasteiger partial charge in [-0.3, -0.25) is 4.68 Å². The van der Waals surface area contributed by atoms with Gasteiger partial charge >= 0.3 is 0 Å². The highest BCUT2D eigenvalue weighted by molar-refractivity contribution is 9.10. The second-order valence-corrected chi connectivity index (χ2v) is 4.07. The Morgan fingerprint density at radius 2 is 2.38 bits per heavy atom. The molecule has 1 unspecified atom stereocenters. The molecule has 0 saturated carbocycles. The van der Waals surface area contributed by atoms with Crippen molar-refractivity contribution in [2.75, 3.05) is 6.54 Å². The summed E-state index contributed by atoms with van der Waals surface area (Å²) in [5, 5.41) is 7.61. The summed E-state index contributed by atoms with van der Waals surface area (Å²) in [6, 6.07) is 0.387. The molecule has 1 aliphatic heterocycles. The maximum absolute atomic E-state index is 4.34. The van der Waals surface area contributed by atoms with Crippen LogP contribution in [0, 0.1) is 0 Å². The van der Waals surface area contributed by atoms with Gasteiger partial charge in [-0.1, -0.05) is 6.42 Å². The predicted octanol–water partition coefficient (Wildman–Crippen LogP) is 1.39. The second kappa shape index (κ2) is 3.75. The average molecular weight is 245 g/mol.